The monoisotopic (exact) mass is 279 g/mol. The van der Waals surface area contributed by atoms with E-state index in [1.165, 1.54) is 16.8 Å². The second kappa shape index (κ2) is 4.77. The van der Waals surface area contributed by atoms with E-state index in [1.54, 1.807) is 0 Å². The number of hydrogen-bond acceptors (Lipinski definition) is 3. The fourth-order valence-corrected chi connectivity index (χ4v) is 3.02. The molecule has 0 aliphatic carbocycles. The zero-order valence-corrected chi connectivity index (χ0v) is 11.9. The third kappa shape index (κ3) is 1.93. The Hall–Kier alpha value is -2.56. The summed E-state index contributed by atoms with van der Waals surface area (Å²) in [5.41, 5.74) is 6.14. The highest BCUT2D eigenvalue weighted by Crippen LogP contribution is 2.35. The van der Waals surface area contributed by atoms with Crippen LogP contribution in [0.1, 0.15) is 24.1 Å². The molecule has 5 heteroatoms. The number of imidazole rings is 1. The van der Waals surface area contributed by atoms with Gasteiger partial charge in [-0.05, 0) is 18.9 Å². The second-order valence-corrected chi connectivity index (χ2v) is 5.41. The number of anilines is 1. The van der Waals surface area contributed by atoms with Gasteiger partial charge in [0.25, 0.3) is 0 Å². The Kier molecular flexibility index (Phi) is 2.77. The molecule has 3 heterocycles. The van der Waals surface area contributed by atoms with E-state index < -0.39 is 0 Å². The molecule has 0 amide bonds. The maximum atomic E-state index is 4.36. The Morgan fingerprint density at radius 1 is 1.29 bits per heavy atom. The molecular weight excluding hydrogens is 262 g/mol. The fourth-order valence-electron chi connectivity index (χ4n) is 3.02. The van der Waals surface area contributed by atoms with E-state index in [0.717, 1.165) is 24.2 Å². The van der Waals surface area contributed by atoms with Crippen molar-refractivity contribution in [1.29, 1.82) is 0 Å². The maximum Gasteiger partial charge on any atom is 0.0956 e. The summed E-state index contributed by atoms with van der Waals surface area (Å²) < 4.78 is 2.19. The van der Waals surface area contributed by atoms with Gasteiger partial charge < -0.3 is 9.88 Å². The summed E-state index contributed by atoms with van der Waals surface area (Å²) in [4.78, 5) is 4.36. The summed E-state index contributed by atoms with van der Waals surface area (Å²) in [6, 6.07) is 6.67. The van der Waals surface area contributed by atoms with Gasteiger partial charge in [-0.1, -0.05) is 18.2 Å². The van der Waals surface area contributed by atoms with Gasteiger partial charge in [-0.15, -0.1) is 0 Å². The van der Waals surface area contributed by atoms with Gasteiger partial charge in [0.05, 0.1) is 30.5 Å². The molecule has 4 rings (SSSR count). The molecule has 0 saturated carbocycles. The highest BCUT2D eigenvalue weighted by Gasteiger charge is 2.19. The lowest BCUT2D eigenvalue weighted by Crippen LogP contribution is -2.07. The molecule has 0 fully saturated rings. The normalized spacial score (nSPS) is 14.7. The Morgan fingerprint density at radius 2 is 2.24 bits per heavy atom. The van der Waals surface area contributed by atoms with Gasteiger partial charge in [0, 0.05) is 29.6 Å². The predicted octanol–water partition coefficient (Wildman–Crippen LogP) is 2.85. The molecule has 0 radical (unpaired) electrons. The minimum Gasteiger partial charge on any atom is -0.384 e. The van der Waals surface area contributed by atoms with E-state index in [4.69, 9.17) is 0 Å². The molecule has 3 aromatic rings. The molecule has 2 aromatic heterocycles. The van der Waals surface area contributed by atoms with Gasteiger partial charge in [0.1, 0.15) is 0 Å². The maximum absolute atomic E-state index is 4.36. The summed E-state index contributed by atoms with van der Waals surface area (Å²) in [6.07, 6.45) is 8.71. The molecule has 1 aromatic carbocycles. The average molecular weight is 279 g/mol. The highest BCUT2D eigenvalue weighted by molar-refractivity contribution is 5.80. The van der Waals surface area contributed by atoms with Crippen molar-refractivity contribution in [2.24, 2.45) is 0 Å². The molecule has 0 spiro atoms. The zero-order valence-electron chi connectivity index (χ0n) is 11.9. The van der Waals surface area contributed by atoms with Crippen LogP contribution < -0.4 is 5.32 Å². The van der Waals surface area contributed by atoms with Gasteiger partial charge in [0.15, 0.2) is 0 Å². The van der Waals surface area contributed by atoms with E-state index in [1.807, 2.05) is 24.9 Å². The van der Waals surface area contributed by atoms with Crippen LogP contribution in [-0.4, -0.2) is 26.3 Å². The molecule has 1 atom stereocenters. The van der Waals surface area contributed by atoms with Crippen molar-refractivity contribution in [3.05, 3.63) is 54.2 Å². The first-order valence-corrected chi connectivity index (χ1v) is 7.21. The molecule has 0 saturated heterocycles. The summed E-state index contributed by atoms with van der Waals surface area (Å²) in [5.74, 6) is 0. The van der Waals surface area contributed by atoms with Crippen molar-refractivity contribution in [2.45, 2.75) is 19.4 Å². The van der Waals surface area contributed by atoms with Crippen molar-refractivity contribution in [3.63, 3.8) is 0 Å². The Balaban J connectivity index is 1.81. The van der Waals surface area contributed by atoms with Gasteiger partial charge in [-0.25, -0.2) is 4.98 Å². The summed E-state index contributed by atoms with van der Waals surface area (Å²) >= 11 is 0. The van der Waals surface area contributed by atoms with Gasteiger partial charge >= 0.3 is 0 Å². The largest absolute Gasteiger partial charge is 0.384 e. The van der Waals surface area contributed by atoms with Crippen LogP contribution in [0.25, 0.3) is 11.3 Å². The van der Waals surface area contributed by atoms with Crippen LogP contribution in [0, 0.1) is 0 Å². The molecule has 21 heavy (non-hydrogen) atoms. The SMILES string of the molecule is CC(c1cn[nH]c1)n1cncc1-c1cccc2c1NCC2. The predicted molar refractivity (Wildman–Crippen MR) is 82.3 cm³/mol. The minimum atomic E-state index is 0.193. The van der Waals surface area contributed by atoms with E-state index in [-0.39, 0.29) is 6.04 Å². The Morgan fingerprint density at radius 3 is 3.10 bits per heavy atom. The van der Waals surface area contributed by atoms with Crippen LogP contribution in [0.4, 0.5) is 5.69 Å². The average Bonchev–Trinajstić information content (AvgIpc) is 3.24. The quantitative estimate of drug-likeness (QED) is 0.775. The number of H-pyrrole nitrogens is 1. The summed E-state index contributed by atoms with van der Waals surface area (Å²) in [5, 5.41) is 10.4. The Labute approximate surface area is 123 Å². The molecule has 0 bridgehead atoms. The number of nitrogens with zero attached hydrogens (tertiary/aromatic N) is 3. The molecule has 5 nitrogen and oxygen atoms in total. The molecule has 1 aliphatic heterocycles. The first-order valence-electron chi connectivity index (χ1n) is 7.21. The first-order chi connectivity index (χ1) is 10.3. The highest BCUT2D eigenvalue weighted by atomic mass is 15.1. The zero-order chi connectivity index (χ0) is 14.2. The number of benzene rings is 1. The topological polar surface area (TPSA) is 58.5 Å². The van der Waals surface area contributed by atoms with Crippen LogP contribution in [0.2, 0.25) is 0 Å². The van der Waals surface area contributed by atoms with Crippen LogP contribution in [0.5, 0.6) is 0 Å². The molecule has 1 aliphatic rings. The minimum absolute atomic E-state index is 0.193. The number of aromatic amines is 1. The smallest absolute Gasteiger partial charge is 0.0956 e. The van der Waals surface area contributed by atoms with Gasteiger partial charge in [-0.2, -0.15) is 5.10 Å². The van der Waals surface area contributed by atoms with Crippen LogP contribution in [0.15, 0.2) is 43.1 Å². The number of hydrogen-bond donors (Lipinski definition) is 2. The third-order valence-electron chi connectivity index (χ3n) is 4.21. The van der Waals surface area contributed by atoms with Crippen molar-refractivity contribution in [2.75, 3.05) is 11.9 Å². The van der Waals surface area contributed by atoms with Crippen LogP contribution in [-0.2, 0) is 6.42 Å². The van der Waals surface area contributed by atoms with Crippen molar-refractivity contribution >= 4 is 5.69 Å². The van der Waals surface area contributed by atoms with Crippen LogP contribution in [0.3, 0.4) is 0 Å². The lowest BCUT2D eigenvalue weighted by molar-refractivity contribution is 0.645. The first kappa shape index (κ1) is 12.2. The summed E-state index contributed by atoms with van der Waals surface area (Å²) in [6.45, 7) is 3.17. The fraction of sp³-hybridized carbons (Fsp3) is 0.250. The van der Waals surface area contributed by atoms with Crippen molar-refractivity contribution in [3.8, 4) is 11.3 Å². The number of rotatable bonds is 3. The van der Waals surface area contributed by atoms with Crippen molar-refractivity contribution in [1.82, 2.24) is 19.7 Å². The third-order valence-corrected chi connectivity index (χ3v) is 4.21. The molecule has 1 unspecified atom stereocenters. The second-order valence-electron chi connectivity index (χ2n) is 5.41. The molecule has 2 N–H and O–H groups in total. The van der Waals surface area contributed by atoms with Gasteiger partial charge in [-0.3, -0.25) is 5.10 Å². The standard InChI is InChI=1S/C16H17N5/c1-11(13-7-19-20-8-13)21-10-17-9-15(21)14-4-2-3-12-5-6-18-16(12)14/h2-4,7-11,18H,5-6H2,1H3,(H,19,20). The lowest BCUT2D eigenvalue weighted by atomic mass is 10.0. The number of nitrogens with one attached hydrogen (secondary N) is 2. The van der Waals surface area contributed by atoms with Crippen molar-refractivity contribution < 1.29 is 0 Å². The molecule has 106 valence electrons. The lowest BCUT2D eigenvalue weighted by Gasteiger charge is -2.17. The number of fused-ring (bicyclic) bond motifs is 1. The number of aromatic nitrogens is 4. The van der Waals surface area contributed by atoms with Crippen LogP contribution >= 0.6 is 0 Å². The summed E-state index contributed by atoms with van der Waals surface area (Å²) in [7, 11) is 0. The number of para-hydroxylation sites is 1. The van der Waals surface area contributed by atoms with Gasteiger partial charge in [0.2, 0.25) is 0 Å². The van der Waals surface area contributed by atoms with E-state index in [0.29, 0.717) is 0 Å². The molecular formula is C16H17N5. The van der Waals surface area contributed by atoms with E-state index in [9.17, 15) is 0 Å². The van der Waals surface area contributed by atoms with E-state index in [2.05, 4.69) is 50.2 Å². The van der Waals surface area contributed by atoms with E-state index >= 15 is 0 Å². The Bertz CT molecular complexity index is 757.